The second-order valence-corrected chi connectivity index (χ2v) is 7.80. The van der Waals surface area contributed by atoms with Gasteiger partial charge in [0.25, 0.3) is 0 Å². The summed E-state index contributed by atoms with van der Waals surface area (Å²) in [6.07, 6.45) is 13.7. The molecule has 0 aliphatic heterocycles. The van der Waals surface area contributed by atoms with Crippen LogP contribution in [0.3, 0.4) is 0 Å². The van der Waals surface area contributed by atoms with Gasteiger partial charge in [0, 0.05) is 30.7 Å². The Morgan fingerprint density at radius 3 is 1.56 bits per heavy atom. The van der Waals surface area contributed by atoms with Crippen LogP contribution in [0.2, 0.25) is 0 Å². The highest BCUT2D eigenvalue weighted by atomic mass is 16.5. The van der Waals surface area contributed by atoms with E-state index in [-0.39, 0.29) is 0 Å². The number of rotatable bonds is 11. The number of aromatic nitrogens is 1. The summed E-state index contributed by atoms with van der Waals surface area (Å²) >= 11 is 0. The molecule has 32 heavy (non-hydrogen) atoms. The van der Waals surface area contributed by atoms with E-state index in [1.807, 2.05) is 24.3 Å². The molecule has 0 aliphatic carbocycles. The van der Waals surface area contributed by atoms with Gasteiger partial charge in [-0.15, -0.1) is 0 Å². The van der Waals surface area contributed by atoms with Crippen LogP contribution in [0.1, 0.15) is 55.1 Å². The monoisotopic (exact) mass is 428 g/mol. The van der Waals surface area contributed by atoms with E-state index >= 15 is 0 Å². The van der Waals surface area contributed by atoms with Gasteiger partial charge in [0.2, 0.25) is 11.4 Å². The van der Waals surface area contributed by atoms with E-state index in [0.29, 0.717) is 0 Å². The van der Waals surface area contributed by atoms with Crippen LogP contribution in [0.4, 0.5) is 0 Å². The van der Waals surface area contributed by atoms with Gasteiger partial charge in [-0.05, 0) is 60.0 Å². The Balaban J connectivity index is 1.85. The molecule has 3 nitrogen and oxygen atoms in total. The molecule has 0 spiro atoms. The average molecular weight is 429 g/mol. The number of ether oxygens (including phenoxy) is 2. The van der Waals surface area contributed by atoms with Gasteiger partial charge in [-0.1, -0.05) is 44.0 Å². The summed E-state index contributed by atoms with van der Waals surface area (Å²) in [7, 11) is 3.38. The molecule has 0 saturated heterocycles. The Morgan fingerprint density at radius 2 is 1.12 bits per heavy atom. The van der Waals surface area contributed by atoms with Crippen LogP contribution in [0.25, 0.3) is 24.3 Å². The molecule has 1 heterocycles. The van der Waals surface area contributed by atoms with Crippen molar-refractivity contribution in [3.05, 3.63) is 89.2 Å². The molecule has 166 valence electrons. The lowest BCUT2D eigenvalue weighted by Crippen LogP contribution is -2.40. The average Bonchev–Trinajstić information content (AvgIpc) is 2.85. The van der Waals surface area contributed by atoms with Crippen molar-refractivity contribution in [1.82, 2.24) is 0 Å². The number of methoxy groups -OCH3 is 2. The van der Waals surface area contributed by atoms with Crippen LogP contribution < -0.4 is 14.0 Å². The third-order valence-electron chi connectivity index (χ3n) is 5.52. The summed E-state index contributed by atoms with van der Waals surface area (Å²) in [5, 5.41) is 0. The third kappa shape index (κ3) is 6.84. The van der Waals surface area contributed by atoms with Gasteiger partial charge in [0.05, 0.1) is 14.2 Å². The third-order valence-corrected chi connectivity index (χ3v) is 5.52. The van der Waals surface area contributed by atoms with Gasteiger partial charge in [0.15, 0.2) is 0 Å². The lowest BCUT2D eigenvalue weighted by molar-refractivity contribution is -0.700. The molecule has 1 aromatic heterocycles. The van der Waals surface area contributed by atoms with Crippen molar-refractivity contribution in [2.24, 2.45) is 0 Å². The number of hydrogen-bond donors (Lipinski definition) is 0. The maximum Gasteiger partial charge on any atom is 0.205 e. The second kappa shape index (κ2) is 12.5. The van der Waals surface area contributed by atoms with Gasteiger partial charge in [-0.2, -0.15) is 4.57 Å². The minimum Gasteiger partial charge on any atom is -0.497 e. The minimum absolute atomic E-state index is 0.874. The molecule has 0 saturated carbocycles. The van der Waals surface area contributed by atoms with Gasteiger partial charge in [-0.3, -0.25) is 0 Å². The Labute approximate surface area is 192 Å². The molecule has 2 aromatic carbocycles. The summed E-state index contributed by atoms with van der Waals surface area (Å²) in [4.78, 5) is 0. The van der Waals surface area contributed by atoms with E-state index < -0.39 is 0 Å². The van der Waals surface area contributed by atoms with Crippen LogP contribution in [0, 0.1) is 0 Å². The number of hydrogen-bond acceptors (Lipinski definition) is 2. The number of pyridine rings is 1. The fraction of sp³-hybridized carbons (Fsp3) is 0.276. The van der Waals surface area contributed by atoms with Crippen molar-refractivity contribution in [1.29, 1.82) is 0 Å². The molecule has 3 rings (SSSR count). The lowest BCUT2D eigenvalue weighted by atomic mass is 10.1. The summed E-state index contributed by atoms with van der Waals surface area (Å²) in [5.41, 5.74) is 4.72. The number of unbranched alkanes of at least 4 members (excludes halogenated alkanes) is 3. The van der Waals surface area contributed by atoms with Crippen LogP contribution in [-0.2, 0) is 6.54 Å². The molecule has 3 aromatic rings. The van der Waals surface area contributed by atoms with E-state index in [1.54, 1.807) is 14.2 Å². The zero-order chi connectivity index (χ0) is 22.6. The number of nitrogens with zero attached hydrogens (tertiary/aromatic N) is 1. The molecule has 0 radical (unpaired) electrons. The van der Waals surface area contributed by atoms with E-state index in [2.05, 4.69) is 78.3 Å². The van der Waals surface area contributed by atoms with Gasteiger partial charge in [0.1, 0.15) is 18.0 Å². The Bertz CT molecular complexity index is 942. The molecule has 0 amide bonds. The molecule has 0 aliphatic rings. The standard InChI is InChI=1S/C29H34NO2/c1-4-5-6-7-23-30-26(17-11-24-13-19-28(31-2)20-14-24)9-8-10-27(30)18-12-25-15-21-29(32-3)22-16-25/h8-22H,4-7,23H2,1-3H3/q+1. The minimum atomic E-state index is 0.874. The first-order valence-corrected chi connectivity index (χ1v) is 11.4. The van der Waals surface area contributed by atoms with Crippen LogP contribution in [-0.4, -0.2) is 14.2 Å². The van der Waals surface area contributed by atoms with Crippen molar-refractivity contribution >= 4 is 24.3 Å². The van der Waals surface area contributed by atoms with E-state index in [9.17, 15) is 0 Å². The fourth-order valence-corrected chi connectivity index (χ4v) is 3.61. The molecule has 0 unspecified atom stereocenters. The molecule has 0 N–H and O–H groups in total. The van der Waals surface area contributed by atoms with Crippen molar-refractivity contribution in [2.75, 3.05) is 14.2 Å². The fourth-order valence-electron chi connectivity index (χ4n) is 3.61. The van der Waals surface area contributed by atoms with E-state index in [0.717, 1.165) is 29.2 Å². The summed E-state index contributed by atoms with van der Waals surface area (Å²) in [6, 6.07) is 22.8. The zero-order valence-electron chi connectivity index (χ0n) is 19.5. The van der Waals surface area contributed by atoms with Crippen LogP contribution in [0.15, 0.2) is 66.7 Å². The highest BCUT2D eigenvalue weighted by Gasteiger charge is 2.12. The molecular weight excluding hydrogens is 394 g/mol. The van der Waals surface area contributed by atoms with Crippen molar-refractivity contribution < 1.29 is 14.0 Å². The Hall–Kier alpha value is -3.33. The molecule has 0 bridgehead atoms. The van der Waals surface area contributed by atoms with E-state index in [4.69, 9.17) is 9.47 Å². The summed E-state index contributed by atoms with van der Waals surface area (Å²) in [6.45, 7) is 3.26. The lowest BCUT2D eigenvalue weighted by Gasteiger charge is -2.05. The predicted octanol–water partition coefficient (Wildman–Crippen LogP) is 6.91. The molecule has 0 atom stereocenters. The highest BCUT2D eigenvalue weighted by molar-refractivity contribution is 5.69. The van der Waals surface area contributed by atoms with Crippen molar-refractivity contribution in [3.63, 3.8) is 0 Å². The maximum atomic E-state index is 5.26. The Morgan fingerprint density at radius 1 is 0.625 bits per heavy atom. The molecule has 0 fully saturated rings. The van der Waals surface area contributed by atoms with E-state index in [1.165, 1.54) is 37.1 Å². The Kier molecular flexibility index (Phi) is 9.12. The largest absolute Gasteiger partial charge is 0.497 e. The SMILES string of the molecule is CCCCCC[n+]1c(C=Cc2ccc(OC)cc2)cccc1C=Cc1ccc(OC)cc1. The first-order chi connectivity index (χ1) is 15.7. The topological polar surface area (TPSA) is 22.3 Å². The van der Waals surface area contributed by atoms with Crippen molar-refractivity contribution in [2.45, 2.75) is 39.2 Å². The van der Waals surface area contributed by atoms with Gasteiger partial charge >= 0.3 is 0 Å². The quantitative estimate of drug-likeness (QED) is 0.244. The smallest absolute Gasteiger partial charge is 0.205 e. The summed E-state index contributed by atoms with van der Waals surface area (Å²) < 4.78 is 12.9. The maximum absolute atomic E-state index is 5.26. The van der Waals surface area contributed by atoms with Gasteiger partial charge < -0.3 is 9.47 Å². The van der Waals surface area contributed by atoms with Crippen LogP contribution in [0.5, 0.6) is 11.5 Å². The highest BCUT2D eigenvalue weighted by Crippen LogP contribution is 2.15. The predicted molar refractivity (Wildman–Crippen MR) is 135 cm³/mol. The van der Waals surface area contributed by atoms with Crippen molar-refractivity contribution in [3.8, 4) is 11.5 Å². The number of benzene rings is 2. The normalized spacial score (nSPS) is 11.3. The molecule has 3 heteroatoms. The molecular formula is C29H34NO2+. The zero-order valence-corrected chi connectivity index (χ0v) is 19.5. The van der Waals surface area contributed by atoms with Crippen LogP contribution >= 0.6 is 0 Å². The second-order valence-electron chi connectivity index (χ2n) is 7.80. The van der Waals surface area contributed by atoms with Gasteiger partial charge in [-0.25, -0.2) is 0 Å². The summed E-state index contributed by atoms with van der Waals surface area (Å²) in [5.74, 6) is 1.75. The first kappa shape index (κ1) is 23.3. The first-order valence-electron chi connectivity index (χ1n) is 11.4.